The molecule has 0 saturated carbocycles. The summed E-state index contributed by atoms with van der Waals surface area (Å²) in [6.07, 6.45) is 0. The third-order valence-corrected chi connectivity index (χ3v) is 2.70. The van der Waals surface area contributed by atoms with Crippen LogP contribution in [0.3, 0.4) is 0 Å². The fraction of sp³-hybridized carbons (Fsp3) is 0. The van der Waals surface area contributed by atoms with Crippen molar-refractivity contribution in [1.29, 1.82) is 0 Å². The molecule has 0 amide bonds. The summed E-state index contributed by atoms with van der Waals surface area (Å²) < 4.78 is 30.9. The highest BCUT2D eigenvalue weighted by Crippen LogP contribution is 2.31. The molecule has 10 heteroatoms. The van der Waals surface area contributed by atoms with Gasteiger partial charge in [0.05, 0.1) is 21.5 Å². The highest BCUT2D eigenvalue weighted by molar-refractivity contribution is 5.91. The van der Waals surface area contributed by atoms with Gasteiger partial charge in [-0.05, 0) is 18.2 Å². The fourth-order valence-electron chi connectivity index (χ4n) is 1.66. The molecule has 2 rings (SSSR count). The van der Waals surface area contributed by atoms with Crippen LogP contribution >= 0.6 is 0 Å². The summed E-state index contributed by atoms with van der Waals surface area (Å²) in [4.78, 5) is 31.4. The van der Waals surface area contributed by atoms with Crippen molar-refractivity contribution >= 4 is 17.3 Å². The predicted molar refractivity (Wildman–Crippen MR) is 71.1 cm³/mol. The monoisotopic (exact) mass is 324 g/mol. The molecule has 0 radical (unpaired) electrons. The number of nitro benzene ring substituents is 2. The number of esters is 1. The SMILES string of the molecule is O=C(Oc1ccc([N+](=O)[O-])cc1[N+](=O)[O-])c1ccc(F)cc1F. The van der Waals surface area contributed by atoms with Gasteiger partial charge in [0.2, 0.25) is 5.75 Å². The summed E-state index contributed by atoms with van der Waals surface area (Å²) in [6.45, 7) is 0. The number of rotatable bonds is 4. The van der Waals surface area contributed by atoms with Crippen LogP contribution in [0.1, 0.15) is 10.4 Å². The van der Waals surface area contributed by atoms with E-state index in [1.165, 1.54) is 0 Å². The van der Waals surface area contributed by atoms with Gasteiger partial charge in [0.15, 0.2) is 0 Å². The second kappa shape index (κ2) is 6.13. The molecular formula is C13H6F2N2O6. The van der Waals surface area contributed by atoms with E-state index in [1.54, 1.807) is 0 Å². The summed E-state index contributed by atoms with van der Waals surface area (Å²) >= 11 is 0. The van der Waals surface area contributed by atoms with Gasteiger partial charge < -0.3 is 4.74 Å². The summed E-state index contributed by atoms with van der Waals surface area (Å²) in [7, 11) is 0. The Bertz CT molecular complexity index is 824. The maximum Gasteiger partial charge on any atom is 0.346 e. The maximum atomic E-state index is 13.5. The first kappa shape index (κ1) is 15.9. The molecular weight excluding hydrogens is 318 g/mol. The molecule has 2 aromatic rings. The zero-order chi connectivity index (χ0) is 17.1. The van der Waals surface area contributed by atoms with Crippen LogP contribution in [0, 0.1) is 31.9 Å². The number of carbonyl (C=O) groups excluding carboxylic acids is 1. The number of nitrogens with zero attached hydrogens (tertiary/aromatic N) is 2. The summed E-state index contributed by atoms with van der Waals surface area (Å²) in [6, 6.07) is 4.39. The Morgan fingerprint density at radius 3 is 2.26 bits per heavy atom. The lowest BCUT2D eigenvalue weighted by atomic mass is 10.2. The second-order valence-corrected chi connectivity index (χ2v) is 4.18. The van der Waals surface area contributed by atoms with Gasteiger partial charge in [-0.1, -0.05) is 0 Å². The Hall–Kier alpha value is -3.43. The minimum atomic E-state index is -1.31. The van der Waals surface area contributed by atoms with Crippen molar-refractivity contribution in [2.75, 3.05) is 0 Å². The van der Waals surface area contributed by atoms with Crippen LogP contribution in [0.4, 0.5) is 20.2 Å². The number of non-ortho nitro benzene ring substituents is 1. The Labute approximate surface area is 126 Å². The van der Waals surface area contributed by atoms with Gasteiger partial charge in [-0.15, -0.1) is 0 Å². The Balaban J connectivity index is 2.37. The van der Waals surface area contributed by atoms with Gasteiger partial charge in [-0.25, -0.2) is 13.6 Å². The predicted octanol–water partition coefficient (Wildman–Crippen LogP) is 3.00. The zero-order valence-corrected chi connectivity index (χ0v) is 11.1. The lowest BCUT2D eigenvalue weighted by Gasteiger charge is -2.06. The number of carbonyl (C=O) groups is 1. The van der Waals surface area contributed by atoms with E-state index in [9.17, 15) is 33.8 Å². The largest absolute Gasteiger partial charge is 0.415 e. The van der Waals surface area contributed by atoms with Crippen LogP contribution in [0.15, 0.2) is 36.4 Å². The topological polar surface area (TPSA) is 113 Å². The second-order valence-electron chi connectivity index (χ2n) is 4.18. The maximum absolute atomic E-state index is 13.5. The van der Waals surface area contributed by atoms with Crippen molar-refractivity contribution in [3.8, 4) is 5.75 Å². The molecule has 2 aromatic carbocycles. The van der Waals surface area contributed by atoms with Crippen molar-refractivity contribution in [3.63, 3.8) is 0 Å². The number of ether oxygens (including phenoxy) is 1. The molecule has 0 atom stereocenters. The molecule has 0 aliphatic carbocycles. The van der Waals surface area contributed by atoms with Crippen molar-refractivity contribution in [1.82, 2.24) is 0 Å². The minimum absolute atomic E-state index is 0.445. The molecule has 0 heterocycles. The van der Waals surface area contributed by atoms with Gasteiger partial charge in [0.25, 0.3) is 5.69 Å². The zero-order valence-electron chi connectivity index (χ0n) is 11.1. The van der Waals surface area contributed by atoms with Crippen molar-refractivity contribution in [2.24, 2.45) is 0 Å². The molecule has 0 saturated heterocycles. The first-order valence-electron chi connectivity index (χ1n) is 5.89. The van der Waals surface area contributed by atoms with E-state index in [0.717, 1.165) is 24.3 Å². The lowest BCUT2D eigenvalue weighted by molar-refractivity contribution is -0.394. The van der Waals surface area contributed by atoms with Crippen LogP contribution in [-0.2, 0) is 0 Å². The Morgan fingerprint density at radius 2 is 1.70 bits per heavy atom. The average Bonchev–Trinajstić information content (AvgIpc) is 2.46. The normalized spacial score (nSPS) is 10.2. The minimum Gasteiger partial charge on any atom is -0.415 e. The molecule has 23 heavy (non-hydrogen) atoms. The Morgan fingerprint density at radius 1 is 1.00 bits per heavy atom. The van der Waals surface area contributed by atoms with Crippen LogP contribution in [0.25, 0.3) is 0 Å². The summed E-state index contributed by atoms with van der Waals surface area (Å²) in [5, 5.41) is 21.5. The molecule has 0 spiro atoms. The highest BCUT2D eigenvalue weighted by atomic mass is 19.1. The molecule has 0 bridgehead atoms. The van der Waals surface area contributed by atoms with Crippen molar-refractivity contribution in [3.05, 3.63) is 73.8 Å². The fourth-order valence-corrected chi connectivity index (χ4v) is 1.66. The highest BCUT2D eigenvalue weighted by Gasteiger charge is 2.24. The van der Waals surface area contributed by atoms with Crippen molar-refractivity contribution < 1.29 is 28.2 Å². The molecule has 0 N–H and O–H groups in total. The first-order valence-corrected chi connectivity index (χ1v) is 5.89. The van der Waals surface area contributed by atoms with Gasteiger partial charge in [-0.3, -0.25) is 20.2 Å². The Kier molecular flexibility index (Phi) is 4.25. The van der Waals surface area contributed by atoms with E-state index in [4.69, 9.17) is 0 Å². The summed E-state index contributed by atoms with van der Waals surface area (Å²) in [5.74, 6) is -4.03. The van der Waals surface area contributed by atoms with Gasteiger partial charge >= 0.3 is 11.7 Å². The molecule has 8 nitrogen and oxygen atoms in total. The first-order chi connectivity index (χ1) is 10.8. The van der Waals surface area contributed by atoms with Gasteiger partial charge in [0, 0.05) is 12.1 Å². The average molecular weight is 324 g/mol. The standard InChI is InChI=1S/C13H6F2N2O6/c14-7-1-3-9(10(15)5-7)13(18)23-12-4-2-8(16(19)20)6-11(12)17(21)22/h1-6H. The molecule has 0 aliphatic heterocycles. The molecule has 0 unspecified atom stereocenters. The lowest BCUT2D eigenvalue weighted by Crippen LogP contribution is -2.12. The number of benzene rings is 2. The van der Waals surface area contributed by atoms with Crippen LogP contribution in [-0.4, -0.2) is 15.8 Å². The number of hydrogen-bond donors (Lipinski definition) is 0. The van der Waals surface area contributed by atoms with E-state index in [-0.39, 0.29) is 0 Å². The van der Waals surface area contributed by atoms with Crippen molar-refractivity contribution in [2.45, 2.75) is 0 Å². The van der Waals surface area contributed by atoms with E-state index >= 15 is 0 Å². The van der Waals surface area contributed by atoms with E-state index in [1.807, 2.05) is 0 Å². The molecule has 0 fully saturated rings. The molecule has 0 aliphatic rings. The summed E-state index contributed by atoms with van der Waals surface area (Å²) in [5.41, 5.74) is -2.06. The van der Waals surface area contributed by atoms with Gasteiger partial charge in [0.1, 0.15) is 11.6 Å². The quantitative estimate of drug-likeness (QED) is 0.370. The van der Waals surface area contributed by atoms with Crippen LogP contribution in [0.2, 0.25) is 0 Å². The third kappa shape index (κ3) is 3.43. The van der Waals surface area contributed by atoms with Crippen LogP contribution < -0.4 is 4.74 Å². The van der Waals surface area contributed by atoms with E-state index < -0.39 is 50.1 Å². The smallest absolute Gasteiger partial charge is 0.346 e. The van der Waals surface area contributed by atoms with E-state index in [0.29, 0.717) is 12.1 Å². The van der Waals surface area contributed by atoms with Crippen LogP contribution in [0.5, 0.6) is 5.75 Å². The van der Waals surface area contributed by atoms with Gasteiger partial charge in [-0.2, -0.15) is 0 Å². The number of nitro groups is 2. The number of hydrogen-bond acceptors (Lipinski definition) is 6. The van der Waals surface area contributed by atoms with E-state index in [2.05, 4.69) is 4.74 Å². The molecule has 0 aromatic heterocycles. The number of halogens is 2. The molecule has 118 valence electrons. The third-order valence-electron chi connectivity index (χ3n) is 2.70.